The summed E-state index contributed by atoms with van der Waals surface area (Å²) < 4.78 is 8.62. The Kier molecular flexibility index (Phi) is 3.94. The smallest absolute Gasteiger partial charge is 0.408 e. The lowest BCUT2D eigenvalue weighted by atomic mass is 9.96. The van der Waals surface area contributed by atoms with Gasteiger partial charge < -0.3 is 13.9 Å². The monoisotopic (exact) mass is 354 g/mol. The Hall–Kier alpha value is -2.83. The standard InChI is InChI=1S/C19H22N4O3/c1-12-10-21(2)17(20-12)14-5-4-8-23(11-14)18(24)13-6-7-16-15(9-13)22(3)19(25)26-16/h6-7,9-10,14H,4-5,8,11H2,1-3H3/t14-/m1/s1. The number of aryl methyl sites for hydroxylation is 3. The molecule has 1 aromatic carbocycles. The number of imidazole rings is 1. The molecule has 0 aliphatic carbocycles. The zero-order valence-electron chi connectivity index (χ0n) is 15.2. The maximum absolute atomic E-state index is 13.0. The lowest BCUT2D eigenvalue weighted by molar-refractivity contribution is 0.0703. The van der Waals surface area contributed by atoms with E-state index in [1.165, 1.54) is 4.57 Å². The summed E-state index contributed by atoms with van der Waals surface area (Å²) in [6, 6.07) is 5.15. The fraction of sp³-hybridized carbons (Fsp3) is 0.421. The third-order valence-corrected chi connectivity index (χ3v) is 5.14. The van der Waals surface area contributed by atoms with Crippen LogP contribution in [-0.2, 0) is 14.1 Å². The van der Waals surface area contributed by atoms with Gasteiger partial charge in [-0.25, -0.2) is 9.78 Å². The highest BCUT2D eigenvalue weighted by Gasteiger charge is 2.28. The largest absolute Gasteiger partial charge is 0.419 e. The molecule has 4 rings (SSSR count). The average Bonchev–Trinajstić information content (AvgIpc) is 3.12. The normalized spacial score (nSPS) is 17.8. The molecular formula is C19H22N4O3. The first-order valence-electron chi connectivity index (χ1n) is 8.83. The van der Waals surface area contributed by atoms with Crippen molar-refractivity contribution in [2.75, 3.05) is 13.1 Å². The van der Waals surface area contributed by atoms with Gasteiger partial charge in [-0.3, -0.25) is 9.36 Å². The minimum absolute atomic E-state index is 0.0174. The van der Waals surface area contributed by atoms with Crippen molar-refractivity contribution in [2.45, 2.75) is 25.7 Å². The van der Waals surface area contributed by atoms with Crippen LogP contribution in [0.5, 0.6) is 0 Å². The number of fused-ring (bicyclic) bond motifs is 1. The van der Waals surface area contributed by atoms with Crippen molar-refractivity contribution in [1.82, 2.24) is 19.0 Å². The number of amides is 1. The number of oxazole rings is 1. The highest BCUT2D eigenvalue weighted by Crippen LogP contribution is 2.27. The summed E-state index contributed by atoms with van der Waals surface area (Å²) in [4.78, 5) is 31.2. The van der Waals surface area contributed by atoms with Crippen LogP contribution >= 0.6 is 0 Å². The molecule has 7 nitrogen and oxygen atoms in total. The predicted molar refractivity (Wildman–Crippen MR) is 97.3 cm³/mol. The Morgan fingerprint density at radius 3 is 2.85 bits per heavy atom. The van der Waals surface area contributed by atoms with E-state index < -0.39 is 5.76 Å². The van der Waals surface area contributed by atoms with Gasteiger partial charge >= 0.3 is 5.76 Å². The van der Waals surface area contributed by atoms with Crippen LogP contribution < -0.4 is 5.76 Å². The number of piperidine rings is 1. The van der Waals surface area contributed by atoms with E-state index in [0.717, 1.165) is 30.9 Å². The number of likely N-dealkylation sites (tertiary alicyclic amines) is 1. The zero-order valence-corrected chi connectivity index (χ0v) is 15.2. The van der Waals surface area contributed by atoms with Gasteiger partial charge in [0.15, 0.2) is 5.58 Å². The zero-order chi connectivity index (χ0) is 18.4. The quantitative estimate of drug-likeness (QED) is 0.707. The predicted octanol–water partition coefficient (Wildman–Crippen LogP) is 2.19. The maximum Gasteiger partial charge on any atom is 0.419 e. The summed E-state index contributed by atoms with van der Waals surface area (Å²) >= 11 is 0. The lowest BCUT2D eigenvalue weighted by Gasteiger charge is -2.32. The molecule has 1 atom stereocenters. The van der Waals surface area contributed by atoms with Crippen LogP contribution in [0.3, 0.4) is 0 Å². The van der Waals surface area contributed by atoms with Gasteiger partial charge in [-0.05, 0) is 38.0 Å². The van der Waals surface area contributed by atoms with E-state index in [-0.39, 0.29) is 11.8 Å². The van der Waals surface area contributed by atoms with E-state index in [9.17, 15) is 9.59 Å². The number of rotatable bonds is 2. The van der Waals surface area contributed by atoms with Crippen LogP contribution in [0.2, 0.25) is 0 Å². The third kappa shape index (κ3) is 2.73. The molecule has 0 unspecified atom stereocenters. The fourth-order valence-corrected chi connectivity index (χ4v) is 3.83. The van der Waals surface area contributed by atoms with E-state index in [1.807, 2.05) is 25.1 Å². The topological polar surface area (TPSA) is 73.3 Å². The summed E-state index contributed by atoms with van der Waals surface area (Å²) in [5, 5.41) is 0. The number of carbonyl (C=O) groups excluding carboxylic acids is 1. The third-order valence-electron chi connectivity index (χ3n) is 5.14. The van der Waals surface area contributed by atoms with Crippen molar-refractivity contribution in [1.29, 1.82) is 0 Å². The van der Waals surface area contributed by atoms with Gasteiger partial charge in [-0.15, -0.1) is 0 Å². The second-order valence-corrected chi connectivity index (χ2v) is 7.05. The number of aromatic nitrogens is 3. The molecule has 1 aliphatic rings. The molecule has 0 spiro atoms. The Labute approximate surface area is 150 Å². The fourth-order valence-electron chi connectivity index (χ4n) is 3.83. The Morgan fingerprint density at radius 2 is 2.12 bits per heavy atom. The molecule has 3 aromatic rings. The van der Waals surface area contributed by atoms with Crippen LogP contribution in [0.4, 0.5) is 0 Å². The molecule has 136 valence electrons. The van der Waals surface area contributed by atoms with Crippen molar-refractivity contribution < 1.29 is 9.21 Å². The van der Waals surface area contributed by atoms with Gasteiger partial charge in [0.25, 0.3) is 5.91 Å². The summed E-state index contributed by atoms with van der Waals surface area (Å²) in [6.45, 7) is 3.38. The summed E-state index contributed by atoms with van der Waals surface area (Å²) in [5.74, 6) is 0.838. The van der Waals surface area contributed by atoms with Gasteiger partial charge in [-0.1, -0.05) is 0 Å². The van der Waals surface area contributed by atoms with Gasteiger partial charge in [0.05, 0.1) is 11.2 Å². The molecule has 1 fully saturated rings. The summed E-state index contributed by atoms with van der Waals surface area (Å²) in [7, 11) is 3.65. The molecule has 1 saturated heterocycles. The van der Waals surface area contributed by atoms with Gasteiger partial charge in [0.1, 0.15) is 5.82 Å². The number of hydrogen-bond donors (Lipinski definition) is 0. The molecule has 0 saturated carbocycles. The molecule has 3 heterocycles. The van der Waals surface area contributed by atoms with Crippen LogP contribution in [0.25, 0.3) is 11.1 Å². The van der Waals surface area contributed by atoms with Crippen LogP contribution in [0.1, 0.15) is 40.6 Å². The van der Waals surface area contributed by atoms with Crippen molar-refractivity contribution in [3.05, 3.63) is 52.0 Å². The molecule has 0 radical (unpaired) electrons. The van der Waals surface area contributed by atoms with Crippen molar-refractivity contribution in [2.24, 2.45) is 14.1 Å². The number of benzene rings is 1. The van der Waals surface area contributed by atoms with E-state index in [2.05, 4.69) is 9.55 Å². The molecule has 2 aromatic heterocycles. The first kappa shape index (κ1) is 16.6. The molecular weight excluding hydrogens is 332 g/mol. The van der Waals surface area contributed by atoms with Gasteiger partial charge in [-0.2, -0.15) is 0 Å². The highest BCUT2D eigenvalue weighted by molar-refractivity contribution is 5.97. The van der Waals surface area contributed by atoms with E-state index >= 15 is 0 Å². The number of hydrogen-bond acceptors (Lipinski definition) is 4. The average molecular weight is 354 g/mol. The number of carbonyl (C=O) groups is 1. The molecule has 0 bridgehead atoms. The van der Waals surface area contributed by atoms with Crippen molar-refractivity contribution in [3.8, 4) is 0 Å². The lowest BCUT2D eigenvalue weighted by Crippen LogP contribution is -2.39. The van der Waals surface area contributed by atoms with Gasteiger partial charge in [0, 0.05) is 44.9 Å². The molecule has 1 aliphatic heterocycles. The van der Waals surface area contributed by atoms with Crippen LogP contribution in [0.15, 0.2) is 33.6 Å². The van der Waals surface area contributed by atoms with E-state index in [1.54, 1.807) is 25.2 Å². The van der Waals surface area contributed by atoms with Crippen LogP contribution in [-0.4, -0.2) is 38.0 Å². The molecule has 0 N–H and O–H groups in total. The Balaban J connectivity index is 1.60. The van der Waals surface area contributed by atoms with E-state index in [0.29, 0.717) is 23.2 Å². The van der Waals surface area contributed by atoms with Crippen molar-refractivity contribution >= 4 is 17.0 Å². The molecule has 1 amide bonds. The second-order valence-electron chi connectivity index (χ2n) is 7.05. The Bertz CT molecular complexity index is 1040. The first-order chi connectivity index (χ1) is 12.4. The van der Waals surface area contributed by atoms with E-state index in [4.69, 9.17) is 4.42 Å². The summed E-state index contributed by atoms with van der Waals surface area (Å²) in [6.07, 6.45) is 4.00. The number of nitrogens with zero attached hydrogens (tertiary/aromatic N) is 4. The first-order valence-corrected chi connectivity index (χ1v) is 8.83. The minimum Gasteiger partial charge on any atom is -0.408 e. The van der Waals surface area contributed by atoms with Crippen LogP contribution in [0, 0.1) is 6.92 Å². The Morgan fingerprint density at radius 1 is 1.31 bits per heavy atom. The van der Waals surface area contributed by atoms with Gasteiger partial charge in [0.2, 0.25) is 0 Å². The second kappa shape index (κ2) is 6.16. The maximum atomic E-state index is 13.0. The highest BCUT2D eigenvalue weighted by atomic mass is 16.4. The molecule has 7 heteroatoms. The minimum atomic E-state index is -0.423. The molecule has 26 heavy (non-hydrogen) atoms. The summed E-state index contributed by atoms with van der Waals surface area (Å²) in [5.41, 5.74) is 2.70. The van der Waals surface area contributed by atoms with Crippen molar-refractivity contribution in [3.63, 3.8) is 0 Å². The SMILES string of the molecule is Cc1cn(C)c([C@@H]2CCCN(C(=O)c3ccc4oc(=O)n(C)c4c3)C2)n1.